The van der Waals surface area contributed by atoms with E-state index in [4.69, 9.17) is 5.11 Å². The number of hydrogen-bond donors (Lipinski definition) is 1. The Kier molecular flexibility index (Phi) is 2.44. The van der Waals surface area contributed by atoms with Crippen LogP contribution in [0.5, 0.6) is 0 Å². The van der Waals surface area contributed by atoms with Crippen molar-refractivity contribution < 1.29 is 9.90 Å². The lowest BCUT2D eigenvalue weighted by atomic mass is 10.0. The molecule has 1 aliphatic rings. The summed E-state index contributed by atoms with van der Waals surface area (Å²) in [5, 5.41) is 20.4. The first-order valence-electron chi connectivity index (χ1n) is 5.57. The second kappa shape index (κ2) is 4.10. The number of carboxylic acids is 1. The molecule has 0 saturated carbocycles. The molecule has 0 bridgehead atoms. The smallest absolute Gasteiger partial charge is 0.310 e. The molecule has 1 fully saturated rings. The van der Waals surface area contributed by atoms with E-state index >= 15 is 0 Å². The van der Waals surface area contributed by atoms with Gasteiger partial charge in [0.25, 0.3) is 0 Å². The third kappa shape index (κ3) is 1.69. The standard InChI is InChI=1S/C11H11N5O2/c17-10(18)8-6-15(7-8)11-12-13-14-16(11)9-4-2-1-3-5-9/h1-5,8H,6-7H2,(H,17,18). The Bertz CT molecular complexity index is 562. The monoisotopic (exact) mass is 245 g/mol. The number of benzene rings is 1. The van der Waals surface area contributed by atoms with Gasteiger partial charge in [-0.3, -0.25) is 4.79 Å². The first-order valence-corrected chi connectivity index (χ1v) is 5.57. The maximum atomic E-state index is 10.8. The van der Waals surface area contributed by atoms with Gasteiger partial charge in [-0.05, 0) is 22.6 Å². The number of hydrogen-bond acceptors (Lipinski definition) is 5. The minimum absolute atomic E-state index is 0.328. The lowest BCUT2D eigenvalue weighted by Crippen LogP contribution is -2.51. The summed E-state index contributed by atoms with van der Waals surface area (Å²) in [6, 6.07) is 9.51. The number of aliphatic carboxylic acids is 1. The number of carbonyl (C=O) groups is 1. The van der Waals surface area contributed by atoms with Crippen LogP contribution in [0.4, 0.5) is 5.95 Å². The molecule has 1 aromatic heterocycles. The molecule has 7 nitrogen and oxygen atoms in total. The SMILES string of the molecule is O=C(O)C1CN(c2nnnn2-c2ccccc2)C1. The fraction of sp³-hybridized carbons (Fsp3) is 0.273. The lowest BCUT2D eigenvalue weighted by molar-refractivity contribution is -0.142. The summed E-state index contributed by atoms with van der Waals surface area (Å²) in [7, 11) is 0. The average molecular weight is 245 g/mol. The van der Waals surface area contributed by atoms with Crippen LogP contribution < -0.4 is 4.90 Å². The third-order valence-electron chi connectivity index (χ3n) is 2.97. The van der Waals surface area contributed by atoms with Gasteiger partial charge in [-0.2, -0.15) is 4.68 Å². The Morgan fingerprint density at radius 3 is 2.67 bits per heavy atom. The van der Waals surface area contributed by atoms with Crippen molar-refractivity contribution in [1.29, 1.82) is 0 Å². The van der Waals surface area contributed by atoms with Crippen LogP contribution in [0.15, 0.2) is 30.3 Å². The Hall–Kier alpha value is -2.44. The second-order valence-electron chi connectivity index (χ2n) is 4.17. The van der Waals surface area contributed by atoms with Gasteiger partial charge in [-0.15, -0.1) is 0 Å². The molecule has 2 heterocycles. The zero-order valence-electron chi connectivity index (χ0n) is 9.47. The van der Waals surface area contributed by atoms with E-state index in [-0.39, 0.29) is 5.92 Å². The van der Waals surface area contributed by atoms with Gasteiger partial charge in [0.1, 0.15) is 0 Å². The molecule has 2 aromatic rings. The van der Waals surface area contributed by atoms with Gasteiger partial charge in [-0.25, -0.2) is 0 Å². The minimum Gasteiger partial charge on any atom is -0.481 e. The van der Waals surface area contributed by atoms with Crippen LogP contribution in [0.1, 0.15) is 0 Å². The maximum absolute atomic E-state index is 10.8. The molecule has 18 heavy (non-hydrogen) atoms. The number of carboxylic acid groups (broad SMARTS) is 1. The highest BCUT2D eigenvalue weighted by Crippen LogP contribution is 2.23. The number of aromatic nitrogens is 4. The minimum atomic E-state index is -0.773. The van der Waals surface area contributed by atoms with E-state index in [9.17, 15) is 4.79 Å². The van der Waals surface area contributed by atoms with Crippen molar-refractivity contribution in [3.05, 3.63) is 30.3 Å². The summed E-state index contributed by atoms with van der Waals surface area (Å²) in [6.07, 6.45) is 0. The number of anilines is 1. The molecule has 1 N–H and O–H groups in total. The van der Waals surface area contributed by atoms with Crippen molar-refractivity contribution in [2.24, 2.45) is 5.92 Å². The number of rotatable bonds is 3. The molecule has 0 aliphatic carbocycles. The van der Waals surface area contributed by atoms with Crippen molar-refractivity contribution in [2.45, 2.75) is 0 Å². The topological polar surface area (TPSA) is 84.1 Å². The van der Waals surface area contributed by atoms with Crippen LogP contribution in [-0.4, -0.2) is 44.4 Å². The molecule has 0 radical (unpaired) electrons. The largest absolute Gasteiger partial charge is 0.481 e. The van der Waals surface area contributed by atoms with Crippen molar-refractivity contribution in [1.82, 2.24) is 20.2 Å². The van der Waals surface area contributed by atoms with Gasteiger partial charge in [0.2, 0.25) is 5.95 Å². The number of para-hydroxylation sites is 1. The zero-order chi connectivity index (χ0) is 12.5. The van der Waals surface area contributed by atoms with Crippen LogP contribution in [0.25, 0.3) is 5.69 Å². The summed E-state index contributed by atoms with van der Waals surface area (Å²) in [5.41, 5.74) is 0.858. The zero-order valence-corrected chi connectivity index (χ0v) is 9.47. The van der Waals surface area contributed by atoms with Gasteiger partial charge in [0.15, 0.2) is 0 Å². The predicted octanol–water partition coefficient (Wildman–Crippen LogP) is 0.183. The molecular weight excluding hydrogens is 234 g/mol. The highest BCUT2D eigenvalue weighted by Gasteiger charge is 2.35. The van der Waals surface area contributed by atoms with E-state index in [1.54, 1.807) is 4.68 Å². The van der Waals surface area contributed by atoms with Gasteiger partial charge < -0.3 is 10.0 Å². The highest BCUT2D eigenvalue weighted by atomic mass is 16.4. The first kappa shape index (κ1) is 10.7. The quantitative estimate of drug-likeness (QED) is 0.830. The van der Waals surface area contributed by atoms with E-state index < -0.39 is 5.97 Å². The molecule has 1 saturated heterocycles. The lowest BCUT2D eigenvalue weighted by Gasteiger charge is -2.36. The molecule has 3 rings (SSSR count). The average Bonchev–Trinajstić information content (AvgIpc) is 2.77. The number of tetrazole rings is 1. The maximum Gasteiger partial charge on any atom is 0.310 e. The Morgan fingerprint density at radius 1 is 1.28 bits per heavy atom. The van der Waals surface area contributed by atoms with Crippen LogP contribution in [0, 0.1) is 5.92 Å². The van der Waals surface area contributed by atoms with Crippen molar-refractivity contribution >= 4 is 11.9 Å². The number of nitrogens with zero attached hydrogens (tertiary/aromatic N) is 5. The van der Waals surface area contributed by atoms with Crippen molar-refractivity contribution in [2.75, 3.05) is 18.0 Å². The summed E-state index contributed by atoms with van der Waals surface area (Å²) in [4.78, 5) is 12.6. The van der Waals surface area contributed by atoms with Crippen LogP contribution >= 0.6 is 0 Å². The first-order chi connectivity index (χ1) is 8.75. The molecule has 7 heteroatoms. The van der Waals surface area contributed by atoms with Gasteiger partial charge in [0, 0.05) is 13.1 Å². The van der Waals surface area contributed by atoms with Gasteiger partial charge in [0.05, 0.1) is 11.6 Å². The Balaban J connectivity index is 1.84. The normalized spacial score (nSPS) is 15.4. The van der Waals surface area contributed by atoms with E-state index in [1.807, 2.05) is 35.2 Å². The van der Waals surface area contributed by atoms with Crippen LogP contribution in [0.2, 0.25) is 0 Å². The Morgan fingerprint density at radius 2 is 2.00 bits per heavy atom. The summed E-state index contributed by atoms with van der Waals surface area (Å²) in [6.45, 7) is 0.894. The summed E-state index contributed by atoms with van der Waals surface area (Å²) in [5.74, 6) is -0.519. The van der Waals surface area contributed by atoms with E-state index in [2.05, 4.69) is 15.5 Å². The summed E-state index contributed by atoms with van der Waals surface area (Å²) < 4.78 is 1.61. The fourth-order valence-corrected chi connectivity index (χ4v) is 1.91. The molecule has 1 aromatic carbocycles. The molecule has 0 amide bonds. The molecule has 0 atom stereocenters. The van der Waals surface area contributed by atoms with Crippen LogP contribution in [0.3, 0.4) is 0 Å². The van der Waals surface area contributed by atoms with E-state index in [0.29, 0.717) is 19.0 Å². The van der Waals surface area contributed by atoms with Gasteiger partial charge in [-0.1, -0.05) is 23.3 Å². The Labute approximate surface area is 103 Å². The van der Waals surface area contributed by atoms with Gasteiger partial charge >= 0.3 is 5.97 Å². The predicted molar refractivity (Wildman–Crippen MR) is 62.5 cm³/mol. The highest BCUT2D eigenvalue weighted by molar-refractivity contribution is 5.73. The molecule has 0 unspecified atom stereocenters. The molecule has 0 spiro atoms. The van der Waals surface area contributed by atoms with Crippen LogP contribution in [-0.2, 0) is 4.79 Å². The fourth-order valence-electron chi connectivity index (χ4n) is 1.91. The van der Waals surface area contributed by atoms with E-state index in [0.717, 1.165) is 5.69 Å². The summed E-state index contributed by atoms with van der Waals surface area (Å²) >= 11 is 0. The molecular formula is C11H11N5O2. The second-order valence-corrected chi connectivity index (χ2v) is 4.17. The van der Waals surface area contributed by atoms with Crippen molar-refractivity contribution in [3.8, 4) is 5.69 Å². The third-order valence-corrected chi connectivity index (χ3v) is 2.97. The molecule has 92 valence electrons. The van der Waals surface area contributed by atoms with E-state index in [1.165, 1.54) is 0 Å². The van der Waals surface area contributed by atoms with Crippen molar-refractivity contribution in [3.63, 3.8) is 0 Å². The molecule has 1 aliphatic heterocycles.